The van der Waals surface area contributed by atoms with Crippen LogP contribution in [0.4, 0.5) is 10.5 Å². The van der Waals surface area contributed by atoms with Crippen LogP contribution in [0.25, 0.3) is 0 Å². The van der Waals surface area contributed by atoms with E-state index in [-0.39, 0.29) is 5.02 Å². The van der Waals surface area contributed by atoms with Crippen LogP contribution in [0.3, 0.4) is 0 Å². The number of fused-ring (bicyclic) bond motifs is 1. The molecule has 7 heteroatoms. The van der Waals surface area contributed by atoms with Crippen LogP contribution < -0.4 is 10.8 Å². The topological polar surface area (TPSA) is 67.8 Å². The van der Waals surface area contributed by atoms with Gasteiger partial charge in [0, 0.05) is 5.46 Å². The zero-order valence-corrected chi connectivity index (χ0v) is 11.7. The third-order valence-electron chi connectivity index (χ3n) is 2.55. The summed E-state index contributed by atoms with van der Waals surface area (Å²) in [6, 6.07) is 3.41. The minimum absolute atomic E-state index is 0.272. The van der Waals surface area contributed by atoms with Crippen molar-refractivity contribution in [2.24, 2.45) is 0 Å². The van der Waals surface area contributed by atoms with Gasteiger partial charge >= 0.3 is 13.2 Å². The number of hydrogen-bond acceptors (Lipinski definition) is 4. The van der Waals surface area contributed by atoms with E-state index < -0.39 is 18.8 Å². The average molecular weight is 284 g/mol. The van der Waals surface area contributed by atoms with Gasteiger partial charge in [0.05, 0.1) is 17.3 Å². The van der Waals surface area contributed by atoms with E-state index in [4.69, 9.17) is 21.0 Å². The standard InChI is InChI=1S/C12H15BClNO4/c1-12(2,3)19-11(16)15-8-5-4-7-6-18-13(17)9(7)10(8)14/h4-5,17H,6H2,1-3H3,(H,15,16). The number of carbonyl (C=O) groups is 1. The fourth-order valence-corrected chi connectivity index (χ4v) is 2.11. The van der Waals surface area contributed by atoms with Crippen LogP contribution in [0.1, 0.15) is 26.3 Å². The molecule has 0 spiro atoms. The molecule has 0 aliphatic carbocycles. The molecule has 1 aromatic carbocycles. The highest BCUT2D eigenvalue weighted by Gasteiger charge is 2.31. The summed E-state index contributed by atoms with van der Waals surface area (Å²) in [7, 11) is -1.05. The van der Waals surface area contributed by atoms with Crippen molar-refractivity contribution in [3.63, 3.8) is 0 Å². The van der Waals surface area contributed by atoms with Gasteiger partial charge in [-0.3, -0.25) is 5.32 Å². The second-order valence-electron chi connectivity index (χ2n) is 5.29. The highest BCUT2D eigenvalue weighted by Crippen LogP contribution is 2.25. The Hall–Kier alpha value is -1.24. The summed E-state index contributed by atoms with van der Waals surface area (Å²) < 4.78 is 10.2. The molecule has 0 fully saturated rings. The van der Waals surface area contributed by atoms with Crippen LogP contribution in [-0.4, -0.2) is 23.8 Å². The molecule has 0 bridgehead atoms. The summed E-state index contributed by atoms with van der Waals surface area (Å²) in [4.78, 5) is 11.7. The van der Waals surface area contributed by atoms with Crippen LogP contribution in [0.15, 0.2) is 12.1 Å². The molecule has 0 saturated heterocycles. The third-order valence-corrected chi connectivity index (χ3v) is 2.96. The lowest BCUT2D eigenvalue weighted by molar-refractivity contribution is 0.0636. The summed E-state index contributed by atoms with van der Waals surface area (Å²) in [5, 5.41) is 12.5. The normalized spacial score (nSPS) is 14.3. The smallest absolute Gasteiger partial charge is 0.444 e. The fraction of sp³-hybridized carbons (Fsp3) is 0.417. The van der Waals surface area contributed by atoms with Crippen LogP contribution >= 0.6 is 11.6 Å². The van der Waals surface area contributed by atoms with Crippen molar-refractivity contribution >= 4 is 36.0 Å². The molecule has 102 valence electrons. The van der Waals surface area contributed by atoms with Gasteiger partial charge in [-0.05, 0) is 32.4 Å². The molecular formula is C12H15BClNO4. The molecule has 0 aromatic heterocycles. The lowest BCUT2D eigenvalue weighted by Crippen LogP contribution is -2.31. The summed E-state index contributed by atoms with van der Waals surface area (Å²) in [5.41, 5.74) is 1.11. The van der Waals surface area contributed by atoms with Crippen molar-refractivity contribution in [2.45, 2.75) is 33.0 Å². The molecule has 2 N–H and O–H groups in total. The van der Waals surface area contributed by atoms with E-state index in [2.05, 4.69) is 5.32 Å². The molecule has 19 heavy (non-hydrogen) atoms. The maximum Gasteiger partial charge on any atom is 0.493 e. The molecule has 1 aliphatic rings. The van der Waals surface area contributed by atoms with Crippen molar-refractivity contribution in [1.82, 2.24) is 0 Å². The van der Waals surface area contributed by atoms with Gasteiger partial charge in [-0.2, -0.15) is 0 Å². The van der Waals surface area contributed by atoms with Gasteiger partial charge in [-0.1, -0.05) is 17.7 Å². The maximum absolute atomic E-state index is 11.7. The first-order chi connectivity index (χ1) is 8.78. The fourth-order valence-electron chi connectivity index (χ4n) is 1.79. The molecule has 0 saturated carbocycles. The summed E-state index contributed by atoms with van der Waals surface area (Å²) >= 11 is 6.15. The van der Waals surface area contributed by atoms with Crippen LogP contribution in [0.5, 0.6) is 0 Å². The van der Waals surface area contributed by atoms with Crippen LogP contribution in [0.2, 0.25) is 5.02 Å². The molecule has 0 unspecified atom stereocenters. The van der Waals surface area contributed by atoms with E-state index in [9.17, 15) is 9.82 Å². The van der Waals surface area contributed by atoms with Crippen molar-refractivity contribution in [2.75, 3.05) is 5.32 Å². The molecule has 5 nitrogen and oxygen atoms in total. The molecular weight excluding hydrogens is 268 g/mol. The van der Waals surface area contributed by atoms with Crippen LogP contribution in [0, 0.1) is 0 Å². The largest absolute Gasteiger partial charge is 0.493 e. The predicted octanol–water partition coefficient (Wildman–Crippen LogP) is 1.90. The predicted molar refractivity (Wildman–Crippen MR) is 73.7 cm³/mol. The molecule has 1 amide bonds. The van der Waals surface area contributed by atoms with E-state index in [0.29, 0.717) is 17.8 Å². The number of benzene rings is 1. The van der Waals surface area contributed by atoms with Crippen LogP contribution in [-0.2, 0) is 16.0 Å². The lowest BCUT2D eigenvalue weighted by atomic mass is 9.79. The van der Waals surface area contributed by atoms with Crippen molar-refractivity contribution in [3.05, 3.63) is 22.7 Å². The molecule has 0 radical (unpaired) electrons. The molecule has 0 atom stereocenters. The number of rotatable bonds is 1. The third kappa shape index (κ3) is 3.21. The summed E-state index contributed by atoms with van der Waals surface area (Å²) in [6.07, 6.45) is -0.595. The Morgan fingerprint density at radius 1 is 1.53 bits per heavy atom. The van der Waals surface area contributed by atoms with E-state index in [1.165, 1.54) is 0 Å². The Kier molecular flexibility index (Phi) is 3.76. The number of anilines is 1. The number of ether oxygens (including phenoxy) is 1. The van der Waals surface area contributed by atoms with Gasteiger partial charge in [0.15, 0.2) is 0 Å². The number of halogens is 1. The average Bonchev–Trinajstić information content (AvgIpc) is 2.62. The Bertz CT molecular complexity index is 515. The van der Waals surface area contributed by atoms with Crippen molar-refractivity contribution < 1.29 is 19.2 Å². The first-order valence-electron chi connectivity index (χ1n) is 5.89. The molecule has 1 aromatic rings. The van der Waals surface area contributed by atoms with Gasteiger partial charge in [0.1, 0.15) is 5.60 Å². The number of nitrogens with one attached hydrogen (secondary N) is 1. The van der Waals surface area contributed by atoms with E-state index in [0.717, 1.165) is 5.56 Å². The minimum atomic E-state index is -1.05. The second kappa shape index (κ2) is 5.04. The first kappa shape index (κ1) is 14.2. The summed E-state index contributed by atoms with van der Waals surface area (Å²) in [5.74, 6) is 0. The SMILES string of the molecule is CC(C)(C)OC(=O)Nc1ccc2c(c1Cl)B(O)OC2. The minimum Gasteiger partial charge on any atom is -0.444 e. The Balaban J connectivity index is 2.19. The highest BCUT2D eigenvalue weighted by atomic mass is 35.5. The number of carbonyl (C=O) groups excluding carboxylic acids is 1. The van der Waals surface area contributed by atoms with E-state index in [1.807, 2.05) is 0 Å². The quantitative estimate of drug-likeness (QED) is 0.773. The van der Waals surface area contributed by atoms with E-state index in [1.54, 1.807) is 32.9 Å². The number of hydrogen-bond donors (Lipinski definition) is 2. The van der Waals surface area contributed by atoms with Gasteiger partial charge in [-0.25, -0.2) is 4.79 Å². The van der Waals surface area contributed by atoms with Gasteiger partial charge < -0.3 is 14.4 Å². The van der Waals surface area contributed by atoms with Gasteiger partial charge in [0.2, 0.25) is 0 Å². The van der Waals surface area contributed by atoms with Crippen molar-refractivity contribution in [3.8, 4) is 0 Å². The van der Waals surface area contributed by atoms with Crippen molar-refractivity contribution in [1.29, 1.82) is 0 Å². The van der Waals surface area contributed by atoms with Gasteiger partial charge in [0.25, 0.3) is 0 Å². The molecule has 1 aliphatic heterocycles. The Morgan fingerprint density at radius 2 is 2.21 bits per heavy atom. The summed E-state index contributed by atoms with van der Waals surface area (Å²) in [6.45, 7) is 5.63. The molecule has 1 heterocycles. The second-order valence-corrected chi connectivity index (χ2v) is 5.67. The zero-order chi connectivity index (χ0) is 14.2. The monoisotopic (exact) mass is 283 g/mol. The van der Waals surface area contributed by atoms with Gasteiger partial charge in [-0.15, -0.1) is 0 Å². The Morgan fingerprint density at radius 3 is 2.84 bits per heavy atom. The maximum atomic E-state index is 11.7. The zero-order valence-electron chi connectivity index (χ0n) is 11.0. The molecule has 2 rings (SSSR count). The van der Waals surface area contributed by atoms with E-state index >= 15 is 0 Å². The lowest BCUT2D eigenvalue weighted by Gasteiger charge is -2.20. The Labute approximate surface area is 117 Å². The first-order valence-corrected chi connectivity index (χ1v) is 6.26. The highest BCUT2D eigenvalue weighted by molar-refractivity contribution is 6.66. The number of amides is 1.